The van der Waals surface area contributed by atoms with Crippen LogP contribution in [0.1, 0.15) is 148 Å². The third-order valence-electron chi connectivity index (χ3n) is 17.1. The second-order valence-electron chi connectivity index (χ2n) is 26.6. The topological polar surface area (TPSA) is 426 Å². The number of imide groups is 1. The normalized spacial score (nSPS) is 12.5. The number of hydrogen-bond acceptors (Lipinski definition) is 32. The maximum Gasteiger partial charge on any atom is 0.335 e. The second kappa shape index (κ2) is 89.3. The maximum absolute atomic E-state index is 13.6. The van der Waals surface area contributed by atoms with Crippen molar-refractivity contribution >= 4 is 41.6 Å². The van der Waals surface area contributed by atoms with Gasteiger partial charge in [0.15, 0.2) is 0 Å². The van der Waals surface area contributed by atoms with Gasteiger partial charge in [0.1, 0.15) is 5.41 Å². The van der Waals surface area contributed by atoms with Crippen LogP contribution in [-0.4, -0.2) is 386 Å². The van der Waals surface area contributed by atoms with E-state index in [0.29, 0.717) is 328 Å². The van der Waals surface area contributed by atoms with Crippen molar-refractivity contribution in [1.82, 2.24) is 10.4 Å². The second-order valence-corrected chi connectivity index (χ2v) is 26.6. The molecule has 0 atom stereocenters. The monoisotopic (exact) mass is 1700 g/mol. The van der Waals surface area contributed by atoms with Gasteiger partial charge in [-0.2, -0.15) is 0 Å². The highest BCUT2D eigenvalue weighted by Gasteiger charge is 2.45. The number of nitrogens with zero attached hydrogens (tertiary/aromatic N) is 1. The molecule has 0 aliphatic carbocycles. The number of carboxylic acids is 3. The van der Waals surface area contributed by atoms with Crippen LogP contribution in [-0.2, 0) is 152 Å². The Labute approximate surface area is 693 Å². The molecule has 37 nitrogen and oxygen atoms in total. The molecule has 1 aliphatic rings. The van der Waals surface area contributed by atoms with Gasteiger partial charge in [0, 0.05) is 32.2 Å². The number of ether oxygens (including phenoxy) is 24. The highest BCUT2D eigenvalue weighted by atomic mass is 16.7. The summed E-state index contributed by atoms with van der Waals surface area (Å²) in [5.74, 6) is -4.88. The number of carboxylic acid groups (broad SMARTS) is 3. The Morgan fingerprint density at radius 1 is 0.248 bits per heavy atom. The molecular formula is C80H148N2O35. The van der Waals surface area contributed by atoms with Crippen LogP contribution in [0.25, 0.3) is 0 Å². The Hall–Kier alpha value is -4.47. The first-order chi connectivity index (χ1) is 57.5. The van der Waals surface area contributed by atoms with E-state index in [1.165, 1.54) is 0 Å². The summed E-state index contributed by atoms with van der Waals surface area (Å²) in [6.45, 7) is 20.4. The molecule has 4 N–H and O–H groups in total. The van der Waals surface area contributed by atoms with Gasteiger partial charge < -0.3 is 139 Å². The molecule has 0 spiro atoms. The highest BCUT2D eigenvalue weighted by molar-refractivity contribution is 6.02. The fraction of sp³-hybridized carbons (Fsp3) is 0.912. The van der Waals surface area contributed by atoms with Crippen molar-refractivity contribution in [3.8, 4) is 0 Å². The van der Waals surface area contributed by atoms with E-state index in [-0.39, 0.29) is 71.3 Å². The third-order valence-corrected chi connectivity index (χ3v) is 17.1. The van der Waals surface area contributed by atoms with Crippen molar-refractivity contribution in [2.45, 2.75) is 148 Å². The smallest absolute Gasteiger partial charge is 0.335 e. The van der Waals surface area contributed by atoms with Crippen LogP contribution in [0.5, 0.6) is 0 Å². The van der Waals surface area contributed by atoms with Gasteiger partial charge in [0.05, 0.1) is 324 Å². The Balaban J connectivity index is 1.74. The van der Waals surface area contributed by atoms with Gasteiger partial charge in [0.2, 0.25) is 5.91 Å². The van der Waals surface area contributed by atoms with Crippen molar-refractivity contribution in [2.75, 3.05) is 324 Å². The van der Waals surface area contributed by atoms with Gasteiger partial charge in [-0.05, 0) is 25.7 Å². The van der Waals surface area contributed by atoms with Gasteiger partial charge in [-0.3, -0.25) is 28.8 Å². The van der Waals surface area contributed by atoms with Crippen LogP contribution in [0.2, 0.25) is 0 Å². The largest absolute Gasteiger partial charge is 0.481 e. The highest BCUT2D eigenvalue weighted by Crippen LogP contribution is 2.33. The van der Waals surface area contributed by atoms with E-state index in [1.54, 1.807) is 0 Å². The van der Waals surface area contributed by atoms with Gasteiger partial charge in [-0.15, -0.1) is 5.06 Å². The average molecular weight is 1700 g/mol. The minimum absolute atomic E-state index is 0.0479. The predicted octanol–water partition coefficient (Wildman–Crippen LogP) is 5.54. The summed E-state index contributed by atoms with van der Waals surface area (Å²) in [5, 5.41) is 31.5. The van der Waals surface area contributed by atoms with Gasteiger partial charge in [-0.1, -0.05) is 89.9 Å². The Morgan fingerprint density at radius 3 is 0.624 bits per heavy atom. The molecule has 1 fully saturated rings. The molecule has 1 rings (SSSR count). The Kier molecular flexibility index (Phi) is 84.4. The fourth-order valence-corrected chi connectivity index (χ4v) is 10.7. The van der Waals surface area contributed by atoms with E-state index < -0.39 is 47.0 Å². The summed E-state index contributed by atoms with van der Waals surface area (Å²) in [6.07, 6.45) is 14.7. The summed E-state index contributed by atoms with van der Waals surface area (Å²) < 4.78 is 133. The number of amides is 3. The molecule has 0 aromatic rings. The maximum atomic E-state index is 13.6. The molecule has 0 radical (unpaired) electrons. The van der Waals surface area contributed by atoms with Crippen LogP contribution in [0.15, 0.2) is 0 Å². The van der Waals surface area contributed by atoms with E-state index in [4.69, 9.17) is 129 Å². The molecule has 1 aliphatic heterocycles. The van der Waals surface area contributed by atoms with Crippen molar-refractivity contribution in [2.24, 2.45) is 5.41 Å². The first-order valence-electron chi connectivity index (χ1n) is 42.4. The van der Waals surface area contributed by atoms with E-state index in [1.807, 2.05) is 0 Å². The van der Waals surface area contributed by atoms with Crippen molar-refractivity contribution in [3.63, 3.8) is 0 Å². The summed E-state index contributed by atoms with van der Waals surface area (Å²) in [6, 6.07) is 0. The van der Waals surface area contributed by atoms with Crippen molar-refractivity contribution < 1.29 is 167 Å². The molecular weight excluding hydrogens is 1550 g/mol. The quantitative estimate of drug-likeness (QED) is 0.0330. The lowest BCUT2D eigenvalue weighted by Gasteiger charge is -2.28. The number of rotatable bonds is 100. The molecule has 3 amide bonds. The summed E-state index contributed by atoms with van der Waals surface area (Å²) in [7, 11) is 0. The number of hydrogen-bond donors (Lipinski definition) is 4. The lowest BCUT2D eigenvalue weighted by atomic mass is 9.76. The van der Waals surface area contributed by atoms with E-state index in [9.17, 15) is 38.7 Å². The van der Waals surface area contributed by atoms with Crippen LogP contribution >= 0.6 is 0 Å². The predicted molar refractivity (Wildman–Crippen MR) is 422 cm³/mol. The van der Waals surface area contributed by atoms with E-state index in [2.05, 4.69) is 5.32 Å². The number of nitrogens with one attached hydrogen (secondary N) is 1. The first-order valence-corrected chi connectivity index (χ1v) is 42.4. The number of carbonyl (C=O) groups is 7. The molecule has 0 unspecified atom stereocenters. The number of aliphatic carboxylic acids is 3. The molecule has 0 aromatic carbocycles. The van der Waals surface area contributed by atoms with Crippen molar-refractivity contribution in [3.05, 3.63) is 0 Å². The molecule has 1 saturated heterocycles. The zero-order valence-electron chi connectivity index (χ0n) is 70.3. The molecule has 0 aromatic heterocycles. The molecule has 0 bridgehead atoms. The molecule has 37 heteroatoms. The standard InChI is InChI=1S/C80H148N2O35/c83-73-19-20-74(84)82(73)117-77(89)21-25-93-27-29-95-31-33-97-35-37-99-39-41-101-43-45-103-47-49-105-51-53-107-55-57-109-59-61-111-63-65-113-67-69-115-71-72-116-70-68-114-66-64-112-62-60-110-58-56-108-54-52-106-50-48-104-46-44-102-42-40-100-38-36-98-34-32-96-30-28-94-26-24-81-78(90)80(79(91)92,22-15-11-7-3-1-5-9-13-17-75(85)86)23-16-12-8-4-2-6-10-14-18-76(87)88/h1-72H2,(H,81,90)(H,85,86)(H,87,88)(H,91,92). The van der Waals surface area contributed by atoms with E-state index in [0.717, 1.165) is 77.0 Å². The number of hydroxylamine groups is 2. The van der Waals surface area contributed by atoms with Crippen LogP contribution in [0, 0.1) is 5.41 Å². The van der Waals surface area contributed by atoms with Gasteiger partial charge >= 0.3 is 23.9 Å². The van der Waals surface area contributed by atoms with Crippen LogP contribution in [0.3, 0.4) is 0 Å². The summed E-state index contributed by atoms with van der Waals surface area (Å²) >= 11 is 0. The van der Waals surface area contributed by atoms with Crippen LogP contribution in [0.4, 0.5) is 0 Å². The zero-order valence-corrected chi connectivity index (χ0v) is 70.3. The molecule has 688 valence electrons. The third kappa shape index (κ3) is 78.5. The number of unbranched alkanes of at least 4 members (excludes halogenated alkanes) is 14. The Morgan fingerprint density at radius 2 is 0.427 bits per heavy atom. The Bertz CT molecular complexity index is 2190. The van der Waals surface area contributed by atoms with Gasteiger partial charge in [0.25, 0.3) is 11.8 Å². The fourth-order valence-electron chi connectivity index (χ4n) is 10.7. The summed E-state index contributed by atoms with van der Waals surface area (Å²) in [5.41, 5.74) is -1.52. The van der Waals surface area contributed by atoms with Gasteiger partial charge in [-0.25, -0.2) is 4.79 Å². The number of carbonyl (C=O) groups excluding carboxylic acids is 4. The minimum atomic E-state index is -1.52. The van der Waals surface area contributed by atoms with Crippen LogP contribution < -0.4 is 5.32 Å². The SMILES string of the molecule is O=C(O)CCCCCCCCCCC(CCCCCCCCCCC(=O)O)(C(=O)O)C(=O)NCCOCCOCCOCCOCCOCCOCCOCCOCCOCCOCCOCCOCCOCCOCCOCCOCCOCCOCCOCCOCCOCCOCCOCCOCCC(=O)ON1C(=O)CCC1=O. The summed E-state index contributed by atoms with van der Waals surface area (Å²) in [4.78, 5) is 87.3. The zero-order chi connectivity index (χ0) is 84.4. The first kappa shape index (κ1) is 111. The van der Waals surface area contributed by atoms with Crippen molar-refractivity contribution in [1.29, 1.82) is 0 Å². The molecule has 1 heterocycles. The average Bonchev–Trinajstić information content (AvgIpc) is 1.58. The minimum Gasteiger partial charge on any atom is -0.481 e. The lowest BCUT2D eigenvalue weighted by Crippen LogP contribution is -2.47. The lowest BCUT2D eigenvalue weighted by molar-refractivity contribution is -0.198. The molecule has 117 heavy (non-hydrogen) atoms. The van der Waals surface area contributed by atoms with E-state index >= 15 is 0 Å². The molecule has 0 saturated carbocycles.